The molecule has 0 heterocycles. The summed E-state index contributed by atoms with van der Waals surface area (Å²) in [5.74, 6) is -0.930. The quantitative estimate of drug-likeness (QED) is 0.0815. The van der Waals surface area contributed by atoms with E-state index in [2.05, 4.69) is 21.3 Å². The molecular weight excluding hydrogens is 695 g/mol. The van der Waals surface area contributed by atoms with E-state index >= 15 is 0 Å². The molecule has 0 spiro atoms. The summed E-state index contributed by atoms with van der Waals surface area (Å²) in [5, 5.41) is 22.5. The minimum Gasteiger partial charge on any atom is -0.603 e. The molecule has 0 radical (unpaired) electrons. The number of amides is 4. The lowest BCUT2D eigenvalue weighted by atomic mass is 9.97. The van der Waals surface area contributed by atoms with Crippen LogP contribution in [0.5, 0.6) is 0 Å². The van der Waals surface area contributed by atoms with E-state index in [-0.39, 0.29) is 50.2 Å². The second-order valence-electron chi connectivity index (χ2n) is 14.1. The number of hydrogen-bond donors (Lipinski definition) is 5. The predicted molar refractivity (Wildman–Crippen MR) is 207 cm³/mol. The van der Waals surface area contributed by atoms with Crippen molar-refractivity contribution in [1.82, 2.24) is 21.3 Å². The Balaban J connectivity index is 1.80. The molecule has 6 atom stereocenters. The number of ether oxygens (including phenoxy) is 1. The van der Waals surface area contributed by atoms with Crippen LogP contribution in [0.3, 0.4) is 0 Å². The van der Waals surface area contributed by atoms with Crippen molar-refractivity contribution in [3.8, 4) is 0 Å². The summed E-state index contributed by atoms with van der Waals surface area (Å²) in [4.78, 5) is 66.4. The highest BCUT2D eigenvalue weighted by Crippen LogP contribution is 2.22. The monoisotopic (exact) mass is 750 g/mol. The van der Waals surface area contributed by atoms with Gasteiger partial charge in [-0.2, -0.15) is 4.52 Å². The Kier molecular flexibility index (Phi) is 17.9. The van der Waals surface area contributed by atoms with Crippen LogP contribution < -0.4 is 26.2 Å². The number of hydrogen-bond acceptors (Lipinski definition) is 8. The molecule has 288 valence electrons. The zero-order valence-electron chi connectivity index (χ0n) is 31.5. The highest BCUT2D eigenvalue weighted by molar-refractivity contribution is 7.47. The minimum atomic E-state index is -2.65. The number of fused-ring (bicyclic) bond motifs is 1. The van der Waals surface area contributed by atoms with Crippen molar-refractivity contribution < 1.29 is 38.4 Å². The van der Waals surface area contributed by atoms with E-state index < -0.39 is 56.2 Å². The number of carbonyl (C=O) groups is 4. The standard InChI is InChI=1S/C40H55N4O8P/c1-7-28(6)35(23-45)41-36(46)25-53(50)52-37(21-27(4)5)44-39(48)33(20-26(2)3)42-38(47)34(43-40(49)51-24-29-14-9-8-10-15-29)22-31-18-13-17-30-16-11-12-19-32(30)31/h8-19,25-28,33-35,37,45H,7,20-24H2,1-6H3,(H,41,46)(H,42,47)(H,43,49)(H,44,48)/t28-,33-,34-,35+,37-/m0/s1. The fourth-order valence-corrected chi connectivity index (χ4v) is 6.44. The summed E-state index contributed by atoms with van der Waals surface area (Å²) < 4.78 is 11.1. The first-order valence-electron chi connectivity index (χ1n) is 18.2. The smallest absolute Gasteiger partial charge is 0.408 e. The van der Waals surface area contributed by atoms with Crippen molar-refractivity contribution >= 4 is 48.4 Å². The molecule has 3 rings (SSSR count). The lowest BCUT2D eigenvalue weighted by Gasteiger charge is -2.26. The van der Waals surface area contributed by atoms with Gasteiger partial charge in [-0.15, -0.1) is 0 Å². The van der Waals surface area contributed by atoms with E-state index in [0.29, 0.717) is 0 Å². The van der Waals surface area contributed by atoms with Crippen molar-refractivity contribution in [3.63, 3.8) is 0 Å². The van der Waals surface area contributed by atoms with Gasteiger partial charge in [0.25, 0.3) is 5.91 Å². The number of aliphatic hydroxyl groups is 1. The highest BCUT2D eigenvalue weighted by Gasteiger charge is 2.31. The van der Waals surface area contributed by atoms with Gasteiger partial charge < -0.3 is 36.0 Å². The number of alkyl carbamates (subject to hydrolysis) is 1. The van der Waals surface area contributed by atoms with Gasteiger partial charge in [-0.05, 0) is 52.5 Å². The zero-order chi connectivity index (χ0) is 38.9. The number of nitrogens with one attached hydrogen (secondary N) is 4. The van der Waals surface area contributed by atoms with Crippen molar-refractivity contribution in [2.75, 3.05) is 6.61 Å². The first-order chi connectivity index (χ1) is 25.3. The molecule has 5 N–H and O–H groups in total. The van der Waals surface area contributed by atoms with Crippen molar-refractivity contribution in [1.29, 1.82) is 0 Å². The number of benzene rings is 3. The fourth-order valence-electron chi connectivity index (χ4n) is 5.72. The number of carbonyl (C=O) groups excluding carboxylic acids is 4. The largest absolute Gasteiger partial charge is 0.603 e. The van der Waals surface area contributed by atoms with E-state index in [4.69, 9.17) is 9.26 Å². The average molecular weight is 751 g/mol. The van der Waals surface area contributed by atoms with Gasteiger partial charge in [-0.25, -0.2) is 4.79 Å². The summed E-state index contributed by atoms with van der Waals surface area (Å²) in [6, 6.07) is 20.0. The van der Waals surface area contributed by atoms with Gasteiger partial charge in [-0.1, -0.05) is 121 Å². The third kappa shape index (κ3) is 14.9. The van der Waals surface area contributed by atoms with Crippen LogP contribution in [0, 0.1) is 17.8 Å². The summed E-state index contributed by atoms with van der Waals surface area (Å²) in [6.45, 7) is 11.2. The van der Waals surface area contributed by atoms with Crippen LogP contribution in [0.4, 0.5) is 4.79 Å². The Morgan fingerprint density at radius 2 is 1.43 bits per heavy atom. The molecule has 0 aliphatic rings. The summed E-state index contributed by atoms with van der Waals surface area (Å²) in [6.07, 6.45) is -0.455. The Hall–Kier alpha value is -4.35. The lowest BCUT2D eigenvalue weighted by molar-refractivity contribution is -0.177. The zero-order valence-corrected chi connectivity index (χ0v) is 32.4. The maximum Gasteiger partial charge on any atom is 0.408 e. The Morgan fingerprint density at radius 1 is 0.792 bits per heavy atom. The molecule has 0 saturated heterocycles. The van der Waals surface area contributed by atoms with Crippen molar-refractivity contribution in [2.24, 2.45) is 17.8 Å². The molecule has 53 heavy (non-hydrogen) atoms. The molecule has 0 aliphatic carbocycles. The van der Waals surface area contributed by atoms with Crippen LogP contribution in [-0.4, -0.2) is 65.7 Å². The highest BCUT2D eigenvalue weighted by atomic mass is 31.1. The van der Waals surface area contributed by atoms with Crippen LogP contribution in [0.25, 0.3) is 10.8 Å². The van der Waals surface area contributed by atoms with Crippen LogP contribution in [0.15, 0.2) is 72.8 Å². The third-order valence-corrected chi connectivity index (χ3v) is 9.67. The summed E-state index contributed by atoms with van der Waals surface area (Å²) >= 11 is 0. The van der Waals surface area contributed by atoms with E-state index in [1.165, 1.54) is 0 Å². The van der Waals surface area contributed by atoms with Gasteiger partial charge in [0.15, 0.2) is 6.23 Å². The maximum absolute atomic E-state index is 14.0. The topological polar surface area (TPSA) is 178 Å². The number of aliphatic hydroxyl groups excluding tert-OH is 1. The van der Waals surface area contributed by atoms with E-state index in [1.54, 1.807) is 0 Å². The molecule has 0 aromatic heterocycles. The van der Waals surface area contributed by atoms with E-state index in [1.807, 2.05) is 114 Å². The first-order valence-corrected chi connectivity index (χ1v) is 19.5. The predicted octanol–water partition coefficient (Wildman–Crippen LogP) is 4.71. The molecule has 4 amide bonds. The van der Waals surface area contributed by atoms with Gasteiger partial charge >= 0.3 is 6.09 Å². The van der Waals surface area contributed by atoms with Gasteiger partial charge in [-0.3, -0.25) is 14.4 Å². The molecule has 13 heteroatoms. The van der Waals surface area contributed by atoms with Gasteiger partial charge in [0.05, 0.1) is 12.6 Å². The Morgan fingerprint density at radius 3 is 2.09 bits per heavy atom. The number of rotatable bonds is 20. The summed E-state index contributed by atoms with van der Waals surface area (Å²) in [5.41, 5.74) is 1.60. The molecule has 12 nitrogen and oxygen atoms in total. The second-order valence-corrected chi connectivity index (χ2v) is 15.2. The minimum absolute atomic E-state index is 0.000927. The molecule has 0 saturated carbocycles. The Labute approximate surface area is 314 Å². The molecular formula is C40H55N4O8P. The van der Waals surface area contributed by atoms with Crippen molar-refractivity contribution in [2.45, 2.75) is 98.2 Å². The SMILES string of the molecule is CC[C@H](C)[C@@H](CO)NC(=O)/C=[P+](\[O-])O[C@@H](CC(C)C)NC(=O)[C@H](CC(C)C)NC(=O)[C@H](Cc1cccc2ccccc12)NC(=O)OCc1ccccc1. The summed E-state index contributed by atoms with van der Waals surface area (Å²) in [7, 11) is -2.65. The maximum atomic E-state index is 14.0. The van der Waals surface area contributed by atoms with Crippen LogP contribution in [0.1, 0.15) is 71.9 Å². The molecule has 3 aromatic carbocycles. The van der Waals surface area contributed by atoms with Crippen LogP contribution >= 0.6 is 8.00 Å². The van der Waals surface area contributed by atoms with E-state index in [0.717, 1.165) is 34.1 Å². The van der Waals surface area contributed by atoms with E-state index in [9.17, 15) is 29.2 Å². The fraction of sp³-hybridized carbons (Fsp3) is 0.475. The third-order valence-electron chi connectivity index (χ3n) is 8.76. The normalized spacial score (nSPS) is 14.6. The van der Waals surface area contributed by atoms with Crippen LogP contribution in [0.2, 0.25) is 0 Å². The van der Waals surface area contributed by atoms with Crippen LogP contribution in [-0.2, 0) is 36.7 Å². The lowest BCUT2D eigenvalue weighted by Crippen LogP contribution is -2.56. The average Bonchev–Trinajstić information content (AvgIpc) is 3.12. The molecule has 1 unspecified atom stereocenters. The Bertz CT molecular complexity index is 1660. The van der Waals surface area contributed by atoms with Crippen molar-refractivity contribution in [3.05, 3.63) is 83.9 Å². The molecule has 3 aromatic rings. The second kappa shape index (κ2) is 22.0. The molecule has 0 bridgehead atoms. The van der Waals surface area contributed by atoms with Gasteiger partial charge in [0, 0.05) is 6.42 Å². The molecule has 0 fully saturated rings. The van der Waals surface area contributed by atoms with Gasteiger partial charge in [0.1, 0.15) is 18.7 Å². The molecule has 0 aliphatic heterocycles. The van der Waals surface area contributed by atoms with Gasteiger partial charge in [0.2, 0.25) is 25.6 Å². The first kappa shape index (κ1) is 43.1.